The van der Waals surface area contributed by atoms with E-state index in [1.165, 1.54) is 57.8 Å². The molecule has 0 N–H and O–H groups in total. The Balaban J connectivity index is 3.34. The average Bonchev–Trinajstić information content (AvgIpc) is 2.67. The summed E-state index contributed by atoms with van der Waals surface area (Å²) in [7, 11) is 0. The van der Waals surface area contributed by atoms with Crippen LogP contribution in [0, 0.1) is 5.92 Å². The summed E-state index contributed by atoms with van der Waals surface area (Å²) in [5, 5.41) is 0. The molecule has 0 aromatic rings. The molecule has 28 heavy (non-hydrogen) atoms. The maximum Gasteiger partial charge on any atom is 0.305 e. The highest BCUT2D eigenvalue weighted by atomic mass is 16.5. The van der Waals surface area contributed by atoms with Crippen LogP contribution in [-0.4, -0.2) is 25.2 Å². The average molecular weight is 399 g/mol. The minimum absolute atomic E-state index is 0.195. The van der Waals surface area contributed by atoms with Crippen LogP contribution in [0.3, 0.4) is 0 Å². The lowest BCUT2D eigenvalue weighted by Gasteiger charge is -2.10. The number of ether oxygens (including phenoxy) is 2. The Morgan fingerprint density at radius 2 is 1.14 bits per heavy atom. The Morgan fingerprint density at radius 1 is 0.643 bits per heavy atom. The molecule has 0 saturated heterocycles. The quantitative estimate of drug-likeness (QED) is 0.164. The zero-order chi connectivity index (χ0) is 20.9. The van der Waals surface area contributed by atoms with E-state index in [4.69, 9.17) is 9.47 Å². The highest BCUT2D eigenvalue weighted by Crippen LogP contribution is 2.11. The maximum absolute atomic E-state index is 11.7. The Morgan fingerprint density at radius 3 is 1.68 bits per heavy atom. The molecule has 0 saturated carbocycles. The molecule has 1 atom stereocenters. The minimum atomic E-state index is -0.207. The van der Waals surface area contributed by atoms with Crippen LogP contribution in [0.2, 0.25) is 0 Å². The molecular formula is C24H46O4. The van der Waals surface area contributed by atoms with Gasteiger partial charge in [-0.15, -0.1) is 0 Å². The van der Waals surface area contributed by atoms with Crippen molar-refractivity contribution in [1.82, 2.24) is 0 Å². The van der Waals surface area contributed by atoms with Gasteiger partial charge in [0.1, 0.15) is 0 Å². The van der Waals surface area contributed by atoms with E-state index in [-0.39, 0.29) is 11.9 Å². The second-order valence-corrected chi connectivity index (χ2v) is 8.19. The van der Waals surface area contributed by atoms with E-state index in [1.54, 1.807) is 0 Å². The van der Waals surface area contributed by atoms with Crippen LogP contribution in [0.15, 0.2) is 0 Å². The summed E-state index contributed by atoms with van der Waals surface area (Å²) < 4.78 is 10.5. The number of hydrogen-bond donors (Lipinski definition) is 0. The number of esters is 2. The summed E-state index contributed by atoms with van der Waals surface area (Å²) in [4.78, 5) is 23.3. The smallest absolute Gasteiger partial charge is 0.305 e. The monoisotopic (exact) mass is 398 g/mol. The van der Waals surface area contributed by atoms with Gasteiger partial charge in [0.25, 0.3) is 0 Å². The van der Waals surface area contributed by atoms with Crippen LogP contribution in [0.5, 0.6) is 0 Å². The third-order valence-electron chi connectivity index (χ3n) is 5.08. The second kappa shape index (κ2) is 20.7. The van der Waals surface area contributed by atoms with Gasteiger partial charge in [0, 0.05) is 12.8 Å². The molecule has 0 aliphatic heterocycles. The normalized spacial score (nSPS) is 12.0. The topological polar surface area (TPSA) is 52.6 Å². The van der Waals surface area contributed by atoms with E-state index in [0.29, 0.717) is 38.4 Å². The highest BCUT2D eigenvalue weighted by Gasteiger charge is 2.09. The standard InChI is InChI=1S/C24H46O4/c1-4-6-7-8-9-10-11-12-13-14-15-20-27-23(25)18-16-19-24(26)28-21-22(3)17-5-2/h22H,4-21H2,1-3H3. The van der Waals surface area contributed by atoms with Crippen molar-refractivity contribution in [3.05, 3.63) is 0 Å². The predicted molar refractivity (Wildman–Crippen MR) is 116 cm³/mol. The third kappa shape index (κ3) is 19.7. The molecule has 1 unspecified atom stereocenters. The molecule has 0 rings (SSSR count). The Kier molecular flexibility index (Phi) is 19.9. The molecular weight excluding hydrogens is 352 g/mol. The van der Waals surface area contributed by atoms with E-state index in [1.807, 2.05) is 0 Å². The zero-order valence-corrected chi connectivity index (χ0v) is 18.9. The Hall–Kier alpha value is -1.06. The summed E-state index contributed by atoms with van der Waals surface area (Å²) in [5.74, 6) is 0.00468. The van der Waals surface area contributed by atoms with Crippen LogP contribution in [0.1, 0.15) is 124 Å². The molecule has 0 aromatic heterocycles. The van der Waals surface area contributed by atoms with Gasteiger partial charge in [0.15, 0.2) is 0 Å². The fourth-order valence-corrected chi connectivity index (χ4v) is 3.29. The molecule has 0 fully saturated rings. The number of hydrogen-bond acceptors (Lipinski definition) is 4. The zero-order valence-electron chi connectivity index (χ0n) is 18.9. The van der Waals surface area contributed by atoms with E-state index >= 15 is 0 Å². The summed E-state index contributed by atoms with van der Waals surface area (Å²) in [6.07, 6.45) is 17.4. The van der Waals surface area contributed by atoms with Crippen molar-refractivity contribution in [1.29, 1.82) is 0 Å². The molecule has 4 heteroatoms. The first-order valence-corrected chi connectivity index (χ1v) is 11.9. The van der Waals surface area contributed by atoms with Crippen LogP contribution in [0.4, 0.5) is 0 Å². The van der Waals surface area contributed by atoms with E-state index in [2.05, 4.69) is 20.8 Å². The number of carbonyl (C=O) groups is 2. The highest BCUT2D eigenvalue weighted by molar-refractivity contribution is 5.72. The molecule has 166 valence electrons. The lowest BCUT2D eigenvalue weighted by molar-refractivity contribution is -0.146. The number of rotatable bonds is 20. The largest absolute Gasteiger partial charge is 0.466 e. The molecule has 0 amide bonds. The van der Waals surface area contributed by atoms with Crippen LogP contribution < -0.4 is 0 Å². The van der Waals surface area contributed by atoms with Gasteiger partial charge < -0.3 is 9.47 Å². The van der Waals surface area contributed by atoms with Gasteiger partial charge in [-0.2, -0.15) is 0 Å². The van der Waals surface area contributed by atoms with Crippen molar-refractivity contribution >= 4 is 11.9 Å². The van der Waals surface area contributed by atoms with Crippen molar-refractivity contribution in [2.45, 2.75) is 124 Å². The van der Waals surface area contributed by atoms with Gasteiger partial charge in [0.05, 0.1) is 13.2 Å². The minimum Gasteiger partial charge on any atom is -0.466 e. The van der Waals surface area contributed by atoms with Crippen molar-refractivity contribution < 1.29 is 19.1 Å². The number of unbranched alkanes of at least 4 members (excludes halogenated alkanes) is 10. The van der Waals surface area contributed by atoms with Crippen molar-refractivity contribution in [3.63, 3.8) is 0 Å². The summed E-state index contributed by atoms with van der Waals surface area (Å²) in [5.41, 5.74) is 0. The molecule has 0 aromatic carbocycles. The van der Waals surface area contributed by atoms with E-state index in [0.717, 1.165) is 25.7 Å². The maximum atomic E-state index is 11.7. The number of carbonyl (C=O) groups excluding carboxylic acids is 2. The molecule has 0 radical (unpaired) electrons. The van der Waals surface area contributed by atoms with Gasteiger partial charge in [0.2, 0.25) is 0 Å². The molecule has 0 bridgehead atoms. The van der Waals surface area contributed by atoms with Crippen LogP contribution in [0.25, 0.3) is 0 Å². The van der Waals surface area contributed by atoms with E-state index < -0.39 is 0 Å². The first-order valence-electron chi connectivity index (χ1n) is 11.9. The van der Waals surface area contributed by atoms with Crippen molar-refractivity contribution in [2.75, 3.05) is 13.2 Å². The van der Waals surface area contributed by atoms with Gasteiger partial charge in [-0.1, -0.05) is 91.4 Å². The molecule has 0 aliphatic rings. The Labute approximate surface area is 174 Å². The summed E-state index contributed by atoms with van der Waals surface area (Å²) in [6, 6.07) is 0. The Bertz CT molecular complexity index is 368. The molecule has 0 aliphatic carbocycles. The summed E-state index contributed by atoms with van der Waals surface area (Å²) in [6.45, 7) is 7.46. The molecule has 0 heterocycles. The fraction of sp³-hybridized carbons (Fsp3) is 0.917. The summed E-state index contributed by atoms with van der Waals surface area (Å²) >= 11 is 0. The van der Waals surface area contributed by atoms with Crippen molar-refractivity contribution in [3.8, 4) is 0 Å². The first-order chi connectivity index (χ1) is 13.6. The van der Waals surface area contributed by atoms with Crippen molar-refractivity contribution in [2.24, 2.45) is 5.92 Å². The lowest BCUT2D eigenvalue weighted by Crippen LogP contribution is -2.12. The second-order valence-electron chi connectivity index (χ2n) is 8.19. The van der Waals surface area contributed by atoms with Crippen LogP contribution in [-0.2, 0) is 19.1 Å². The lowest BCUT2D eigenvalue weighted by atomic mass is 10.1. The fourth-order valence-electron chi connectivity index (χ4n) is 3.29. The molecule has 4 nitrogen and oxygen atoms in total. The first kappa shape index (κ1) is 26.9. The third-order valence-corrected chi connectivity index (χ3v) is 5.08. The van der Waals surface area contributed by atoms with E-state index in [9.17, 15) is 9.59 Å². The predicted octanol–water partition coefficient (Wildman–Crippen LogP) is 6.99. The SMILES string of the molecule is CCCCCCCCCCCCCOC(=O)CCCC(=O)OCC(C)CCC. The van der Waals surface area contributed by atoms with Gasteiger partial charge in [-0.05, 0) is 25.2 Å². The van der Waals surface area contributed by atoms with Gasteiger partial charge in [-0.25, -0.2) is 0 Å². The molecule has 0 spiro atoms. The van der Waals surface area contributed by atoms with Crippen LogP contribution >= 0.6 is 0 Å². The van der Waals surface area contributed by atoms with Gasteiger partial charge >= 0.3 is 11.9 Å². The van der Waals surface area contributed by atoms with Gasteiger partial charge in [-0.3, -0.25) is 9.59 Å².